The van der Waals surface area contributed by atoms with E-state index in [2.05, 4.69) is 31.3 Å². The summed E-state index contributed by atoms with van der Waals surface area (Å²) in [5, 5.41) is 23.5. The zero-order chi connectivity index (χ0) is 25.8. The molecular formula is C26H24ClN7O4. The maximum atomic E-state index is 12.8. The number of nitrogens with one attached hydrogen (secondary N) is 4. The molecule has 2 aliphatic heterocycles. The Morgan fingerprint density at radius 3 is 1.71 bits per heavy atom. The molecule has 194 valence electrons. The average Bonchev–Trinajstić information content (AvgIpc) is 3.64. The molecule has 11 nitrogen and oxygen atoms in total. The van der Waals surface area contributed by atoms with Crippen LogP contribution in [0.2, 0.25) is 0 Å². The highest BCUT2D eigenvalue weighted by molar-refractivity contribution is 6.10. The maximum absolute atomic E-state index is 12.8. The first-order valence-electron chi connectivity index (χ1n) is 11.7. The zero-order valence-corrected chi connectivity index (χ0v) is 20.9. The second-order valence-corrected chi connectivity index (χ2v) is 8.37. The van der Waals surface area contributed by atoms with Crippen molar-refractivity contribution in [2.24, 2.45) is 9.98 Å². The van der Waals surface area contributed by atoms with Crippen LogP contribution in [0.4, 0.5) is 17.1 Å². The van der Waals surface area contributed by atoms with E-state index in [0.29, 0.717) is 17.9 Å². The van der Waals surface area contributed by atoms with Crippen LogP contribution >= 0.6 is 12.4 Å². The number of amides is 2. The predicted octanol–water partition coefficient (Wildman–Crippen LogP) is 3.22. The Kier molecular flexibility index (Phi) is 7.97. The molecule has 3 aromatic carbocycles. The topological polar surface area (TPSA) is 150 Å². The van der Waals surface area contributed by atoms with Crippen LogP contribution in [-0.2, 0) is 0 Å². The molecule has 4 N–H and O–H groups in total. The Balaban J connectivity index is 0.00000336. The molecular weight excluding hydrogens is 510 g/mol. The highest BCUT2D eigenvalue weighted by Crippen LogP contribution is 2.23. The molecule has 3 aromatic rings. The van der Waals surface area contributed by atoms with Gasteiger partial charge in [-0.3, -0.25) is 29.7 Å². The molecule has 2 aliphatic rings. The second kappa shape index (κ2) is 11.5. The molecule has 12 heteroatoms. The second-order valence-electron chi connectivity index (χ2n) is 8.37. The van der Waals surface area contributed by atoms with Crippen LogP contribution < -0.4 is 21.3 Å². The van der Waals surface area contributed by atoms with Gasteiger partial charge in [-0.25, -0.2) is 0 Å². The maximum Gasteiger partial charge on any atom is 0.282 e. The Labute approximate surface area is 224 Å². The summed E-state index contributed by atoms with van der Waals surface area (Å²) < 4.78 is 0. The van der Waals surface area contributed by atoms with Crippen LogP contribution in [0, 0.1) is 10.1 Å². The van der Waals surface area contributed by atoms with Crippen LogP contribution in [-0.4, -0.2) is 54.6 Å². The lowest BCUT2D eigenvalue weighted by Gasteiger charge is -2.10. The van der Waals surface area contributed by atoms with E-state index >= 15 is 0 Å². The number of anilines is 2. The minimum absolute atomic E-state index is 0. The van der Waals surface area contributed by atoms with E-state index in [1.54, 1.807) is 36.4 Å². The Bertz CT molecular complexity index is 1440. The molecule has 0 spiro atoms. The summed E-state index contributed by atoms with van der Waals surface area (Å²) in [5.74, 6) is 0.414. The number of nitro groups is 1. The van der Waals surface area contributed by atoms with Crippen molar-refractivity contribution in [1.82, 2.24) is 10.6 Å². The lowest BCUT2D eigenvalue weighted by Crippen LogP contribution is -2.19. The minimum atomic E-state index is -0.678. The quantitative estimate of drug-likeness (QED) is 0.270. The number of carbonyl (C=O) groups is 2. The lowest BCUT2D eigenvalue weighted by molar-refractivity contribution is -0.385. The van der Waals surface area contributed by atoms with Gasteiger partial charge in [0.05, 0.1) is 18.0 Å². The van der Waals surface area contributed by atoms with Crippen LogP contribution in [0.15, 0.2) is 76.7 Å². The fourth-order valence-electron chi connectivity index (χ4n) is 4.02. The molecule has 38 heavy (non-hydrogen) atoms. The van der Waals surface area contributed by atoms with Gasteiger partial charge >= 0.3 is 0 Å². The Morgan fingerprint density at radius 1 is 0.763 bits per heavy atom. The average molecular weight is 534 g/mol. The molecule has 0 atom stereocenters. The van der Waals surface area contributed by atoms with Gasteiger partial charge in [0.1, 0.15) is 17.2 Å². The molecule has 0 aliphatic carbocycles. The summed E-state index contributed by atoms with van der Waals surface area (Å²) >= 11 is 0. The predicted molar refractivity (Wildman–Crippen MR) is 148 cm³/mol. The first-order valence-corrected chi connectivity index (χ1v) is 11.7. The van der Waals surface area contributed by atoms with Gasteiger partial charge in [-0.1, -0.05) is 0 Å². The first kappa shape index (κ1) is 26.3. The summed E-state index contributed by atoms with van der Waals surface area (Å²) in [6.45, 7) is 3.01. The summed E-state index contributed by atoms with van der Waals surface area (Å²) in [6.07, 6.45) is 0. The standard InChI is InChI=1S/C26H23N7O4.ClH/c34-25(31-19-6-1-16(2-7-19)23-27-11-12-28-23)18-5-10-21(22(15-18)33(36)37)26(35)32-20-8-3-17(4-9-20)24-29-13-14-30-24;/h1-10,15H,11-14H2,(H,27,28)(H,29,30)(H,31,34)(H,32,35);1H. The van der Waals surface area contributed by atoms with Gasteiger partial charge in [-0.15, -0.1) is 12.4 Å². The molecule has 0 unspecified atom stereocenters. The fraction of sp³-hybridized carbons (Fsp3) is 0.154. The molecule has 2 amide bonds. The molecule has 0 saturated heterocycles. The largest absolute Gasteiger partial charge is 0.368 e. The van der Waals surface area contributed by atoms with Crippen molar-refractivity contribution in [3.63, 3.8) is 0 Å². The highest BCUT2D eigenvalue weighted by atomic mass is 35.5. The van der Waals surface area contributed by atoms with Crippen LogP contribution in [0.5, 0.6) is 0 Å². The highest BCUT2D eigenvalue weighted by Gasteiger charge is 2.23. The van der Waals surface area contributed by atoms with Gasteiger partial charge in [0.15, 0.2) is 0 Å². The number of nitro benzene ring substituents is 1. The molecule has 0 aromatic heterocycles. The molecule has 2 heterocycles. The molecule has 0 fully saturated rings. The SMILES string of the molecule is Cl.O=C(Nc1ccc(C2=NCCN2)cc1)c1ccc(C(=O)Nc2ccc(C3=NCCN3)cc2)c([N+](=O)[O-])c1. The summed E-state index contributed by atoms with van der Waals surface area (Å²) in [7, 11) is 0. The van der Waals surface area contributed by atoms with Crippen LogP contribution in [0.25, 0.3) is 0 Å². The number of nitrogens with zero attached hydrogens (tertiary/aromatic N) is 3. The van der Waals surface area contributed by atoms with E-state index < -0.39 is 22.4 Å². The Morgan fingerprint density at radius 2 is 1.26 bits per heavy atom. The first-order chi connectivity index (χ1) is 18.0. The van der Waals surface area contributed by atoms with E-state index in [4.69, 9.17) is 0 Å². The number of hydrogen-bond donors (Lipinski definition) is 4. The third kappa shape index (κ3) is 5.79. The van der Waals surface area contributed by atoms with Gasteiger partial charge in [0, 0.05) is 47.2 Å². The van der Waals surface area contributed by atoms with E-state index in [1.165, 1.54) is 12.1 Å². The van der Waals surface area contributed by atoms with Crippen molar-refractivity contribution in [3.8, 4) is 0 Å². The van der Waals surface area contributed by atoms with Crippen molar-refractivity contribution in [2.75, 3.05) is 36.8 Å². The normalized spacial score (nSPS) is 13.8. The van der Waals surface area contributed by atoms with Crippen molar-refractivity contribution in [2.45, 2.75) is 0 Å². The van der Waals surface area contributed by atoms with Crippen LogP contribution in [0.1, 0.15) is 31.8 Å². The van der Waals surface area contributed by atoms with E-state index in [-0.39, 0.29) is 23.5 Å². The van der Waals surface area contributed by atoms with E-state index in [1.807, 2.05) is 12.1 Å². The van der Waals surface area contributed by atoms with Gasteiger partial charge < -0.3 is 21.3 Å². The van der Waals surface area contributed by atoms with Gasteiger partial charge in [-0.05, 0) is 60.7 Å². The molecule has 0 bridgehead atoms. The summed E-state index contributed by atoms with van der Waals surface area (Å²) in [5.41, 5.74) is 2.23. The number of amidine groups is 2. The molecule has 5 rings (SSSR count). The van der Waals surface area contributed by atoms with Crippen LogP contribution in [0.3, 0.4) is 0 Å². The third-order valence-corrected chi connectivity index (χ3v) is 5.88. The van der Waals surface area contributed by atoms with Crippen molar-refractivity contribution in [3.05, 3.63) is 99.1 Å². The molecule has 0 radical (unpaired) electrons. The Hall–Kier alpha value is -4.77. The van der Waals surface area contributed by atoms with Gasteiger partial charge in [0.25, 0.3) is 17.5 Å². The van der Waals surface area contributed by atoms with Gasteiger partial charge in [-0.2, -0.15) is 0 Å². The number of aliphatic imine (C=N–C) groups is 2. The fourth-order valence-corrected chi connectivity index (χ4v) is 4.02. The minimum Gasteiger partial charge on any atom is -0.368 e. The van der Waals surface area contributed by atoms with Crippen molar-refractivity contribution < 1.29 is 14.5 Å². The zero-order valence-electron chi connectivity index (χ0n) is 20.1. The summed E-state index contributed by atoms with van der Waals surface area (Å²) in [6, 6.07) is 17.9. The number of halogens is 1. The van der Waals surface area contributed by atoms with E-state index in [0.717, 1.165) is 48.5 Å². The monoisotopic (exact) mass is 533 g/mol. The number of rotatable bonds is 7. The smallest absolute Gasteiger partial charge is 0.282 e. The number of benzene rings is 3. The third-order valence-electron chi connectivity index (χ3n) is 5.88. The lowest BCUT2D eigenvalue weighted by atomic mass is 10.1. The van der Waals surface area contributed by atoms with Crippen molar-refractivity contribution in [1.29, 1.82) is 0 Å². The summed E-state index contributed by atoms with van der Waals surface area (Å²) in [4.78, 5) is 45.3. The van der Waals surface area contributed by atoms with E-state index in [9.17, 15) is 19.7 Å². The number of hydrogen-bond acceptors (Lipinski definition) is 8. The number of carbonyl (C=O) groups excluding carboxylic acids is 2. The molecule has 0 saturated carbocycles. The van der Waals surface area contributed by atoms with Gasteiger partial charge in [0.2, 0.25) is 0 Å². The van der Waals surface area contributed by atoms with Crippen molar-refractivity contribution >= 4 is 53.0 Å².